The van der Waals surface area contributed by atoms with Crippen LogP contribution < -0.4 is 10.6 Å². The van der Waals surface area contributed by atoms with Crippen molar-refractivity contribution in [2.24, 2.45) is 5.92 Å². The summed E-state index contributed by atoms with van der Waals surface area (Å²) in [5.74, 6) is 0.195. The van der Waals surface area contributed by atoms with Gasteiger partial charge >= 0.3 is 0 Å². The SMILES string of the molecule is O=C(CNc1cc(Br)ccc1F)NCC1CC1. The van der Waals surface area contributed by atoms with Crippen LogP contribution in [0.5, 0.6) is 0 Å². The van der Waals surface area contributed by atoms with Gasteiger partial charge in [0.1, 0.15) is 5.82 Å². The lowest BCUT2D eigenvalue weighted by Gasteiger charge is -2.08. The first kappa shape index (κ1) is 12.4. The molecule has 1 saturated carbocycles. The Balaban J connectivity index is 1.79. The number of rotatable bonds is 5. The lowest BCUT2D eigenvalue weighted by Crippen LogP contribution is -2.31. The molecule has 0 atom stereocenters. The molecule has 1 aromatic rings. The maximum absolute atomic E-state index is 13.3. The molecule has 17 heavy (non-hydrogen) atoms. The van der Waals surface area contributed by atoms with E-state index >= 15 is 0 Å². The summed E-state index contributed by atoms with van der Waals surface area (Å²) in [6, 6.07) is 4.59. The van der Waals surface area contributed by atoms with E-state index in [1.807, 2.05) is 0 Å². The van der Waals surface area contributed by atoms with Gasteiger partial charge in [0, 0.05) is 11.0 Å². The van der Waals surface area contributed by atoms with Gasteiger partial charge in [-0.25, -0.2) is 4.39 Å². The molecular weight excluding hydrogens is 287 g/mol. The molecule has 0 saturated heterocycles. The average Bonchev–Trinajstić information content (AvgIpc) is 3.11. The van der Waals surface area contributed by atoms with Crippen LogP contribution in [-0.2, 0) is 4.79 Å². The Morgan fingerprint density at radius 3 is 2.94 bits per heavy atom. The zero-order valence-corrected chi connectivity index (χ0v) is 10.9. The first-order chi connectivity index (χ1) is 8.15. The van der Waals surface area contributed by atoms with E-state index in [2.05, 4.69) is 26.6 Å². The number of benzene rings is 1. The molecule has 3 nitrogen and oxygen atoms in total. The molecule has 1 amide bonds. The number of halogens is 2. The van der Waals surface area contributed by atoms with Crippen LogP contribution in [-0.4, -0.2) is 19.0 Å². The summed E-state index contributed by atoms with van der Waals surface area (Å²) < 4.78 is 14.1. The van der Waals surface area contributed by atoms with Crippen molar-refractivity contribution in [3.8, 4) is 0 Å². The van der Waals surface area contributed by atoms with E-state index in [9.17, 15) is 9.18 Å². The molecule has 2 N–H and O–H groups in total. The summed E-state index contributed by atoms with van der Waals surface area (Å²) in [7, 11) is 0. The fourth-order valence-electron chi connectivity index (χ4n) is 1.45. The van der Waals surface area contributed by atoms with Crippen molar-refractivity contribution >= 4 is 27.5 Å². The molecule has 1 aliphatic carbocycles. The summed E-state index contributed by atoms with van der Waals surface area (Å²) in [4.78, 5) is 11.4. The Morgan fingerprint density at radius 2 is 2.24 bits per heavy atom. The largest absolute Gasteiger partial charge is 0.374 e. The first-order valence-electron chi connectivity index (χ1n) is 5.61. The second-order valence-electron chi connectivity index (χ2n) is 4.23. The van der Waals surface area contributed by atoms with Crippen LogP contribution in [0.2, 0.25) is 0 Å². The summed E-state index contributed by atoms with van der Waals surface area (Å²) in [6.45, 7) is 0.835. The fraction of sp³-hybridized carbons (Fsp3) is 0.417. The number of hydrogen-bond donors (Lipinski definition) is 2. The lowest BCUT2D eigenvalue weighted by molar-refractivity contribution is -0.119. The normalized spacial score (nSPS) is 14.5. The Labute approximate surface area is 108 Å². The zero-order valence-electron chi connectivity index (χ0n) is 9.30. The van der Waals surface area contributed by atoms with Gasteiger partial charge in [-0.2, -0.15) is 0 Å². The van der Waals surface area contributed by atoms with Gasteiger partial charge in [0.2, 0.25) is 5.91 Å². The fourth-order valence-corrected chi connectivity index (χ4v) is 1.81. The highest BCUT2D eigenvalue weighted by atomic mass is 79.9. The maximum atomic E-state index is 13.3. The van der Waals surface area contributed by atoms with E-state index < -0.39 is 0 Å². The summed E-state index contributed by atoms with van der Waals surface area (Å²) in [5.41, 5.74) is 0.334. The van der Waals surface area contributed by atoms with Crippen molar-refractivity contribution in [3.63, 3.8) is 0 Å². The van der Waals surface area contributed by atoms with Crippen LogP contribution in [0.3, 0.4) is 0 Å². The third-order valence-corrected chi connectivity index (χ3v) is 3.15. The third-order valence-electron chi connectivity index (χ3n) is 2.65. The minimum absolute atomic E-state index is 0.0973. The molecule has 2 rings (SSSR count). The van der Waals surface area contributed by atoms with Crippen LogP contribution in [0.15, 0.2) is 22.7 Å². The third kappa shape index (κ3) is 4.00. The van der Waals surface area contributed by atoms with Crippen molar-refractivity contribution in [1.29, 1.82) is 0 Å². The molecule has 0 unspecified atom stereocenters. The van der Waals surface area contributed by atoms with Gasteiger partial charge in [0.25, 0.3) is 0 Å². The summed E-state index contributed by atoms with van der Waals surface area (Å²) in [5, 5.41) is 5.59. The summed E-state index contributed by atoms with van der Waals surface area (Å²) >= 11 is 3.25. The van der Waals surface area contributed by atoms with Crippen LogP contribution in [0.25, 0.3) is 0 Å². The molecule has 0 aromatic heterocycles. The van der Waals surface area contributed by atoms with Crippen LogP contribution in [0.1, 0.15) is 12.8 Å². The smallest absolute Gasteiger partial charge is 0.239 e. The standard InChI is InChI=1S/C12H14BrFN2O/c13-9-3-4-10(14)11(5-9)15-7-12(17)16-6-8-1-2-8/h3-5,8,15H,1-2,6-7H2,(H,16,17). The molecule has 92 valence electrons. The minimum Gasteiger partial charge on any atom is -0.374 e. The van der Waals surface area contributed by atoms with Crippen molar-refractivity contribution in [2.45, 2.75) is 12.8 Å². The molecule has 5 heteroatoms. The van der Waals surface area contributed by atoms with E-state index in [-0.39, 0.29) is 18.3 Å². The highest BCUT2D eigenvalue weighted by molar-refractivity contribution is 9.10. The Morgan fingerprint density at radius 1 is 1.47 bits per heavy atom. The van der Waals surface area contributed by atoms with Crippen LogP contribution in [0.4, 0.5) is 10.1 Å². The number of hydrogen-bond acceptors (Lipinski definition) is 2. The topological polar surface area (TPSA) is 41.1 Å². The van der Waals surface area contributed by atoms with Gasteiger partial charge in [-0.05, 0) is 37.0 Å². The lowest BCUT2D eigenvalue weighted by atomic mass is 10.3. The molecule has 0 radical (unpaired) electrons. The number of carbonyl (C=O) groups excluding carboxylic acids is 1. The van der Waals surface area contributed by atoms with Gasteiger partial charge in [0.15, 0.2) is 0 Å². The van der Waals surface area contributed by atoms with Gasteiger partial charge in [0.05, 0.1) is 12.2 Å². The second-order valence-corrected chi connectivity index (χ2v) is 5.14. The molecule has 0 spiro atoms. The van der Waals surface area contributed by atoms with Gasteiger partial charge < -0.3 is 10.6 Å². The number of carbonyl (C=O) groups is 1. The van der Waals surface area contributed by atoms with Crippen molar-refractivity contribution in [2.75, 3.05) is 18.4 Å². The van der Waals surface area contributed by atoms with Crippen LogP contribution in [0, 0.1) is 11.7 Å². The van der Waals surface area contributed by atoms with E-state index in [0.29, 0.717) is 11.6 Å². The number of anilines is 1. The number of nitrogens with one attached hydrogen (secondary N) is 2. The number of amides is 1. The molecule has 1 aromatic carbocycles. The van der Waals surface area contributed by atoms with Gasteiger partial charge in [-0.1, -0.05) is 15.9 Å². The molecule has 1 aliphatic rings. The highest BCUT2D eigenvalue weighted by Crippen LogP contribution is 2.27. The van der Waals surface area contributed by atoms with E-state index in [1.165, 1.54) is 18.9 Å². The monoisotopic (exact) mass is 300 g/mol. The second kappa shape index (κ2) is 5.49. The van der Waals surface area contributed by atoms with Crippen LogP contribution >= 0.6 is 15.9 Å². The average molecular weight is 301 g/mol. The molecule has 0 aliphatic heterocycles. The molecule has 0 heterocycles. The predicted molar refractivity (Wildman–Crippen MR) is 68.3 cm³/mol. The Bertz CT molecular complexity index is 421. The minimum atomic E-state index is -0.358. The van der Waals surface area contributed by atoms with Crippen molar-refractivity contribution in [1.82, 2.24) is 5.32 Å². The molecular formula is C12H14BrFN2O. The highest BCUT2D eigenvalue weighted by Gasteiger charge is 2.21. The van der Waals surface area contributed by atoms with Gasteiger partial charge in [-0.3, -0.25) is 4.79 Å². The Kier molecular flexibility index (Phi) is 3.99. The quantitative estimate of drug-likeness (QED) is 0.877. The maximum Gasteiger partial charge on any atom is 0.239 e. The first-order valence-corrected chi connectivity index (χ1v) is 6.40. The van der Waals surface area contributed by atoms with E-state index in [4.69, 9.17) is 0 Å². The van der Waals surface area contributed by atoms with Crippen molar-refractivity contribution < 1.29 is 9.18 Å². The zero-order chi connectivity index (χ0) is 12.3. The molecule has 1 fully saturated rings. The molecule has 0 bridgehead atoms. The van der Waals surface area contributed by atoms with E-state index in [0.717, 1.165) is 11.0 Å². The Hall–Kier alpha value is -1.10. The summed E-state index contributed by atoms with van der Waals surface area (Å²) in [6.07, 6.45) is 2.40. The predicted octanol–water partition coefficient (Wildman–Crippen LogP) is 2.53. The van der Waals surface area contributed by atoms with Gasteiger partial charge in [-0.15, -0.1) is 0 Å². The van der Waals surface area contributed by atoms with E-state index in [1.54, 1.807) is 12.1 Å². The van der Waals surface area contributed by atoms with Crippen molar-refractivity contribution in [3.05, 3.63) is 28.5 Å².